The quantitative estimate of drug-likeness (QED) is 0.865. The number of hydrogen-bond donors (Lipinski definition) is 2. The molecule has 0 aliphatic carbocycles. The van der Waals surface area contributed by atoms with Crippen LogP contribution in [0.5, 0.6) is 0 Å². The van der Waals surface area contributed by atoms with Crippen molar-refractivity contribution in [3.05, 3.63) is 20.8 Å². The second-order valence-corrected chi connectivity index (χ2v) is 4.70. The van der Waals surface area contributed by atoms with Crippen LogP contribution in [0.1, 0.15) is 10.4 Å². The van der Waals surface area contributed by atoms with Gasteiger partial charge in [-0.15, -0.1) is 11.3 Å². The highest BCUT2D eigenvalue weighted by atomic mass is 79.9. The monoisotopic (exact) mass is 276 g/mol. The predicted molar refractivity (Wildman–Crippen MR) is 58.4 cm³/mol. The van der Waals surface area contributed by atoms with Crippen LogP contribution >= 0.6 is 27.3 Å². The van der Waals surface area contributed by atoms with Crippen molar-refractivity contribution in [2.45, 2.75) is 0 Å². The summed E-state index contributed by atoms with van der Waals surface area (Å²) in [5.74, 6) is -0.466. The smallest absolute Gasteiger partial charge is 0.253 e. The molecule has 0 unspecified atom stereocenters. The molecule has 0 saturated heterocycles. The Morgan fingerprint density at radius 3 is 2.79 bits per heavy atom. The number of nitrogens with one attached hydrogen (secondary N) is 2. The Morgan fingerprint density at radius 1 is 1.57 bits per heavy atom. The van der Waals surface area contributed by atoms with E-state index in [1.54, 1.807) is 11.4 Å². The van der Waals surface area contributed by atoms with Crippen LogP contribution in [0.15, 0.2) is 15.2 Å². The summed E-state index contributed by atoms with van der Waals surface area (Å²) in [6.07, 6.45) is 0. The number of likely N-dealkylation sites (N-methyl/N-ethyl adjacent to an activating group) is 1. The molecule has 0 radical (unpaired) electrons. The van der Waals surface area contributed by atoms with Gasteiger partial charge in [0, 0.05) is 7.05 Å². The molecule has 2 N–H and O–H groups in total. The van der Waals surface area contributed by atoms with E-state index < -0.39 is 0 Å². The van der Waals surface area contributed by atoms with E-state index in [2.05, 4.69) is 26.6 Å². The van der Waals surface area contributed by atoms with Crippen molar-refractivity contribution in [1.29, 1.82) is 0 Å². The second-order valence-electron chi connectivity index (χ2n) is 2.46. The minimum Gasteiger partial charge on any atom is -0.358 e. The molecular weight excluding hydrogens is 268 g/mol. The maximum atomic E-state index is 11.4. The molecule has 0 fully saturated rings. The topological polar surface area (TPSA) is 58.2 Å². The fourth-order valence-corrected chi connectivity index (χ4v) is 2.05. The summed E-state index contributed by atoms with van der Waals surface area (Å²) in [4.78, 5) is 22.3. The van der Waals surface area contributed by atoms with E-state index in [0.717, 1.165) is 3.79 Å². The standard InChI is InChI=1S/C8H9BrN2O2S/c1-10-6(12)4-11-8(13)5-2-3-14-7(5)9/h2-3H,4H2,1H3,(H,10,12)(H,11,13). The zero-order chi connectivity index (χ0) is 10.6. The molecule has 1 rings (SSSR count). The van der Waals surface area contributed by atoms with Gasteiger partial charge in [-0.25, -0.2) is 0 Å². The number of carbonyl (C=O) groups is 2. The minimum atomic E-state index is -0.248. The van der Waals surface area contributed by atoms with Crippen molar-refractivity contribution >= 4 is 39.1 Å². The average molecular weight is 277 g/mol. The van der Waals surface area contributed by atoms with Crippen LogP contribution in [0.4, 0.5) is 0 Å². The first-order valence-corrected chi connectivity index (χ1v) is 5.54. The van der Waals surface area contributed by atoms with E-state index in [-0.39, 0.29) is 18.4 Å². The first kappa shape index (κ1) is 11.2. The van der Waals surface area contributed by atoms with Crippen molar-refractivity contribution < 1.29 is 9.59 Å². The van der Waals surface area contributed by atoms with E-state index in [0.29, 0.717) is 5.56 Å². The first-order valence-electron chi connectivity index (χ1n) is 3.87. The molecule has 76 valence electrons. The van der Waals surface area contributed by atoms with Crippen molar-refractivity contribution in [2.75, 3.05) is 13.6 Å². The second kappa shape index (κ2) is 5.11. The Kier molecular flexibility index (Phi) is 4.09. The lowest BCUT2D eigenvalue weighted by molar-refractivity contribution is -0.119. The number of hydrogen-bond acceptors (Lipinski definition) is 3. The number of halogens is 1. The molecule has 0 bridgehead atoms. The molecule has 1 aromatic rings. The summed E-state index contributed by atoms with van der Waals surface area (Å²) in [6.45, 7) is -0.00236. The van der Waals surface area contributed by atoms with Crippen LogP contribution in [0, 0.1) is 0 Å². The third-order valence-electron chi connectivity index (χ3n) is 1.55. The summed E-state index contributed by atoms with van der Waals surface area (Å²) in [5.41, 5.74) is 0.555. The number of thiophene rings is 1. The van der Waals surface area contributed by atoms with Gasteiger partial charge in [-0.1, -0.05) is 0 Å². The van der Waals surface area contributed by atoms with Crippen LogP contribution < -0.4 is 10.6 Å². The van der Waals surface area contributed by atoms with E-state index >= 15 is 0 Å². The summed E-state index contributed by atoms with van der Waals surface area (Å²) >= 11 is 4.68. The van der Waals surface area contributed by atoms with Crippen LogP contribution in [0.2, 0.25) is 0 Å². The molecule has 0 aliphatic rings. The van der Waals surface area contributed by atoms with Gasteiger partial charge in [0.2, 0.25) is 5.91 Å². The predicted octanol–water partition coefficient (Wildman–Crippen LogP) is 0.986. The molecule has 0 spiro atoms. The van der Waals surface area contributed by atoms with Crippen molar-refractivity contribution in [2.24, 2.45) is 0 Å². The molecule has 1 heterocycles. The van der Waals surface area contributed by atoms with Crippen LogP contribution in [-0.4, -0.2) is 25.4 Å². The Balaban J connectivity index is 2.52. The van der Waals surface area contributed by atoms with Gasteiger partial charge in [0.1, 0.15) is 0 Å². The molecule has 4 nitrogen and oxygen atoms in total. The molecule has 0 atom stereocenters. The normalized spacial score (nSPS) is 9.57. The zero-order valence-electron chi connectivity index (χ0n) is 7.46. The Morgan fingerprint density at radius 2 is 2.29 bits per heavy atom. The van der Waals surface area contributed by atoms with Crippen LogP contribution in [0.25, 0.3) is 0 Å². The largest absolute Gasteiger partial charge is 0.358 e. The lowest BCUT2D eigenvalue weighted by atomic mass is 10.3. The van der Waals surface area contributed by atoms with Gasteiger partial charge in [-0.2, -0.15) is 0 Å². The van der Waals surface area contributed by atoms with Gasteiger partial charge in [-0.3, -0.25) is 9.59 Å². The summed E-state index contributed by atoms with van der Waals surface area (Å²) < 4.78 is 0.770. The average Bonchev–Trinajstić information content (AvgIpc) is 2.60. The fourth-order valence-electron chi connectivity index (χ4n) is 0.800. The van der Waals surface area contributed by atoms with Crippen LogP contribution in [0.3, 0.4) is 0 Å². The third-order valence-corrected chi connectivity index (χ3v) is 3.24. The Bertz CT molecular complexity index is 351. The summed E-state index contributed by atoms with van der Waals surface area (Å²) in [7, 11) is 1.52. The third kappa shape index (κ3) is 2.81. The molecule has 0 aromatic carbocycles. The minimum absolute atomic E-state index is 0.00236. The van der Waals surface area contributed by atoms with Gasteiger partial charge in [0.25, 0.3) is 5.91 Å². The molecule has 0 aliphatic heterocycles. The van der Waals surface area contributed by atoms with E-state index in [9.17, 15) is 9.59 Å². The van der Waals surface area contributed by atoms with E-state index in [1.807, 2.05) is 0 Å². The Hall–Kier alpha value is -0.880. The molecular formula is C8H9BrN2O2S. The van der Waals surface area contributed by atoms with Crippen LogP contribution in [-0.2, 0) is 4.79 Å². The van der Waals surface area contributed by atoms with E-state index in [4.69, 9.17) is 0 Å². The highest BCUT2D eigenvalue weighted by molar-refractivity contribution is 9.11. The number of rotatable bonds is 3. The summed E-state index contributed by atoms with van der Waals surface area (Å²) in [5, 5.41) is 6.72. The number of carbonyl (C=O) groups excluding carboxylic acids is 2. The lowest BCUT2D eigenvalue weighted by Crippen LogP contribution is -2.35. The zero-order valence-corrected chi connectivity index (χ0v) is 9.87. The highest BCUT2D eigenvalue weighted by Gasteiger charge is 2.11. The molecule has 6 heteroatoms. The first-order chi connectivity index (χ1) is 6.65. The lowest BCUT2D eigenvalue weighted by Gasteiger charge is -2.02. The molecule has 14 heavy (non-hydrogen) atoms. The maximum Gasteiger partial charge on any atom is 0.253 e. The van der Waals surface area contributed by atoms with Gasteiger partial charge in [0.15, 0.2) is 0 Å². The molecule has 2 amide bonds. The summed E-state index contributed by atoms with van der Waals surface area (Å²) in [6, 6.07) is 1.70. The van der Waals surface area contributed by atoms with Crippen molar-refractivity contribution in [3.8, 4) is 0 Å². The van der Waals surface area contributed by atoms with Crippen molar-refractivity contribution in [1.82, 2.24) is 10.6 Å². The van der Waals surface area contributed by atoms with Crippen molar-refractivity contribution in [3.63, 3.8) is 0 Å². The van der Waals surface area contributed by atoms with Gasteiger partial charge in [0.05, 0.1) is 15.9 Å². The maximum absolute atomic E-state index is 11.4. The highest BCUT2D eigenvalue weighted by Crippen LogP contribution is 2.22. The van der Waals surface area contributed by atoms with Gasteiger partial charge in [-0.05, 0) is 27.4 Å². The SMILES string of the molecule is CNC(=O)CNC(=O)c1ccsc1Br. The molecule has 0 saturated carbocycles. The van der Waals surface area contributed by atoms with Gasteiger partial charge < -0.3 is 10.6 Å². The number of amides is 2. The van der Waals surface area contributed by atoms with Gasteiger partial charge >= 0.3 is 0 Å². The van der Waals surface area contributed by atoms with E-state index in [1.165, 1.54) is 18.4 Å². The Labute approximate surface area is 93.8 Å². The molecule has 1 aromatic heterocycles. The fraction of sp³-hybridized carbons (Fsp3) is 0.250.